The van der Waals surface area contributed by atoms with Crippen molar-refractivity contribution in [1.29, 1.82) is 0 Å². The van der Waals surface area contributed by atoms with E-state index >= 15 is 0 Å². The second kappa shape index (κ2) is 5.65. The van der Waals surface area contributed by atoms with Crippen molar-refractivity contribution >= 4 is 17.4 Å². The molecule has 0 saturated heterocycles. The number of ketones is 1. The van der Waals surface area contributed by atoms with Crippen molar-refractivity contribution in [1.82, 2.24) is 0 Å². The van der Waals surface area contributed by atoms with Gasteiger partial charge in [0.25, 0.3) is 0 Å². The first-order chi connectivity index (χ1) is 9.76. The largest absolute Gasteiger partial charge is 0.294 e. The lowest BCUT2D eigenvalue weighted by Gasteiger charge is -2.41. The molecule has 0 atom stereocenters. The highest BCUT2D eigenvalue weighted by Gasteiger charge is 2.44. The Morgan fingerprint density at radius 1 is 0.857 bits per heavy atom. The molecular formula is C19H21ClO. The molecule has 21 heavy (non-hydrogen) atoms. The van der Waals surface area contributed by atoms with Crippen LogP contribution in [0.15, 0.2) is 54.6 Å². The number of carbonyl (C=O) groups is 1. The Labute approximate surface area is 132 Å². The minimum atomic E-state index is -0.526. The van der Waals surface area contributed by atoms with E-state index in [0.717, 1.165) is 11.1 Å². The minimum Gasteiger partial charge on any atom is -0.294 e. The molecule has 0 saturated carbocycles. The summed E-state index contributed by atoms with van der Waals surface area (Å²) < 4.78 is 0. The van der Waals surface area contributed by atoms with Gasteiger partial charge < -0.3 is 0 Å². The molecule has 0 aliphatic heterocycles. The Morgan fingerprint density at radius 3 is 1.90 bits per heavy atom. The number of carbonyl (C=O) groups excluding carboxylic acids is 1. The van der Waals surface area contributed by atoms with Crippen molar-refractivity contribution < 1.29 is 4.79 Å². The molecule has 1 nitrogen and oxygen atoms in total. The maximum absolute atomic E-state index is 12.9. The molecule has 0 bridgehead atoms. The van der Waals surface area contributed by atoms with Crippen LogP contribution in [0.25, 0.3) is 0 Å². The van der Waals surface area contributed by atoms with Crippen LogP contribution in [0.5, 0.6) is 0 Å². The molecule has 2 rings (SSSR count). The van der Waals surface area contributed by atoms with Gasteiger partial charge in [-0.3, -0.25) is 4.79 Å². The van der Waals surface area contributed by atoms with Crippen LogP contribution in [0.3, 0.4) is 0 Å². The summed E-state index contributed by atoms with van der Waals surface area (Å²) in [5.41, 5.74) is 1.04. The Balaban J connectivity index is 2.41. The van der Waals surface area contributed by atoms with Gasteiger partial charge >= 0.3 is 0 Å². The van der Waals surface area contributed by atoms with Gasteiger partial charge in [0.1, 0.15) is 0 Å². The monoisotopic (exact) mass is 300 g/mol. The van der Waals surface area contributed by atoms with Crippen LogP contribution >= 0.6 is 11.6 Å². The van der Waals surface area contributed by atoms with Gasteiger partial charge in [0, 0.05) is 21.4 Å². The first-order valence-electron chi connectivity index (χ1n) is 7.13. The average molecular weight is 301 g/mol. The predicted octanol–water partition coefficient (Wildman–Crippen LogP) is 5.53. The smallest absolute Gasteiger partial charge is 0.169 e. The topological polar surface area (TPSA) is 17.1 Å². The Morgan fingerprint density at radius 2 is 1.38 bits per heavy atom. The van der Waals surface area contributed by atoms with Crippen molar-refractivity contribution in [3.63, 3.8) is 0 Å². The molecular weight excluding hydrogens is 280 g/mol. The van der Waals surface area contributed by atoms with E-state index in [-0.39, 0.29) is 11.2 Å². The third kappa shape index (κ3) is 2.89. The van der Waals surface area contributed by atoms with Gasteiger partial charge in [0.15, 0.2) is 5.78 Å². The van der Waals surface area contributed by atoms with Gasteiger partial charge in [-0.15, -0.1) is 0 Å². The Bertz CT molecular complexity index is 624. The van der Waals surface area contributed by atoms with Crippen LogP contribution in [0.1, 0.15) is 43.6 Å². The molecule has 0 amide bonds. The molecule has 0 heterocycles. The molecule has 0 aliphatic carbocycles. The maximum Gasteiger partial charge on any atom is 0.169 e. The summed E-state index contributed by atoms with van der Waals surface area (Å²) in [7, 11) is 0. The highest BCUT2D eigenvalue weighted by atomic mass is 35.5. The van der Waals surface area contributed by atoms with E-state index in [2.05, 4.69) is 13.8 Å². The molecule has 0 unspecified atom stereocenters. The van der Waals surface area contributed by atoms with Crippen LogP contribution in [-0.2, 0) is 5.41 Å². The summed E-state index contributed by atoms with van der Waals surface area (Å²) in [5, 5.41) is 0.710. The van der Waals surface area contributed by atoms with E-state index in [1.54, 1.807) is 0 Å². The Hall–Kier alpha value is -1.60. The van der Waals surface area contributed by atoms with Gasteiger partial charge in [-0.25, -0.2) is 0 Å². The summed E-state index contributed by atoms with van der Waals surface area (Å²) in [6.45, 7) is 8.24. The van der Waals surface area contributed by atoms with E-state index in [1.807, 2.05) is 68.4 Å². The van der Waals surface area contributed by atoms with Crippen LogP contribution in [0.2, 0.25) is 5.02 Å². The summed E-state index contributed by atoms with van der Waals surface area (Å²) in [6.07, 6.45) is 0. The second-order valence-electron chi connectivity index (χ2n) is 6.45. The zero-order valence-corrected chi connectivity index (χ0v) is 13.7. The van der Waals surface area contributed by atoms with Gasteiger partial charge in [0.05, 0.1) is 0 Å². The lowest BCUT2D eigenvalue weighted by atomic mass is 9.61. The molecule has 0 aliphatic rings. The first-order valence-corrected chi connectivity index (χ1v) is 7.50. The number of rotatable bonds is 4. The van der Waals surface area contributed by atoms with Gasteiger partial charge in [-0.2, -0.15) is 0 Å². The second-order valence-corrected chi connectivity index (χ2v) is 6.89. The molecule has 110 valence electrons. The molecule has 2 aromatic rings. The first kappa shape index (κ1) is 15.8. The standard InChI is InChI=1S/C19H21ClO/c1-18(2,15-10-12-16(20)13-11-15)19(3,4)17(21)14-8-6-5-7-9-14/h5-13H,1-4H3. The van der Waals surface area contributed by atoms with Crippen LogP contribution in [-0.4, -0.2) is 5.78 Å². The molecule has 2 aromatic carbocycles. The van der Waals surface area contributed by atoms with Crippen molar-refractivity contribution in [3.05, 3.63) is 70.7 Å². The summed E-state index contributed by atoms with van der Waals surface area (Å²) in [5.74, 6) is 0.156. The zero-order valence-electron chi connectivity index (χ0n) is 13.0. The van der Waals surface area contributed by atoms with E-state index in [1.165, 1.54) is 0 Å². The maximum atomic E-state index is 12.9. The third-order valence-electron chi connectivity index (χ3n) is 4.73. The predicted molar refractivity (Wildman–Crippen MR) is 89.0 cm³/mol. The highest BCUT2D eigenvalue weighted by molar-refractivity contribution is 6.30. The molecule has 0 N–H and O–H groups in total. The summed E-state index contributed by atoms with van der Waals surface area (Å²) >= 11 is 5.97. The molecule has 0 radical (unpaired) electrons. The van der Waals surface area contributed by atoms with Crippen LogP contribution in [0, 0.1) is 5.41 Å². The van der Waals surface area contributed by atoms with Crippen LogP contribution in [0.4, 0.5) is 0 Å². The number of Topliss-reactive ketones (excluding diaryl/α,β-unsaturated/α-hetero) is 1. The summed E-state index contributed by atoms with van der Waals surface area (Å²) in [6, 6.07) is 17.2. The number of hydrogen-bond donors (Lipinski definition) is 0. The number of halogens is 1. The molecule has 2 heteroatoms. The Kier molecular flexibility index (Phi) is 4.25. The third-order valence-corrected chi connectivity index (χ3v) is 4.98. The zero-order chi connectivity index (χ0) is 15.7. The van der Waals surface area contributed by atoms with E-state index < -0.39 is 5.41 Å². The number of benzene rings is 2. The van der Waals surface area contributed by atoms with Crippen molar-refractivity contribution in [3.8, 4) is 0 Å². The minimum absolute atomic E-state index is 0.156. The summed E-state index contributed by atoms with van der Waals surface area (Å²) in [4.78, 5) is 12.9. The van der Waals surface area contributed by atoms with E-state index in [4.69, 9.17) is 11.6 Å². The van der Waals surface area contributed by atoms with Gasteiger partial charge in [-0.1, -0.05) is 81.8 Å². The SMILES string of the molecule is CC(C)(C(=O)c1ccccc1)C(C)(C)c1ccc(Cl)cc1. The van der Waals surface area contributed by atoms with Crippen molar-refractivity contribution in [2.24, 2.45) is 5.41 Å². The van der Waals surface area contributed by atoms with E-state index in [0.29, 0.717) is 5.02 Å². The quantitative estimate of drug-likeness (QED) is 0.679. The van der Waals surface area contributed by atoms with Gasteiger partial charge in [0.2, 0.25) is 0 Å². The van der Waals surface area contributed by atoms with E-state index in [9.17, 15) is 4.79 Å². The normalized spacial score (nSPS) is 12.2. The average Bonchev–Trinajstić information content (AvgIpc) is 2.47. The fraction of sp³-hybridized carbons (Fsp3) is 0.316. The fourth-order valence-corrected chi connectivity index (χ4v) is 2.59. The lowest BCUT2D eigenvalue weighted by Crippen LogP contribution is -2.43. The molecule has 0 spiro atoms. The fourth-order valence-electron chi connectivity index (χ4n) is 2.46. The molecule has 0 aromatic heterocycles. The highest BCUT2D eigenvalue weighted by Crippen LogP contribution is 2.43. The van der Waals surface area contributed by atoms with Crippen molar-refractivity contribution in [2.75, 3.05) is 0 Å². The van der Waals surface area contributed by atoms with Crippen molar-refractivity contribution in [2.45, 2.75) is 33.1 Å². The molecule has 0 fully saturated rings. The lowest BCUT2D eigenvalue weighted by molar-refractivity contribution is 0.0724. The number of hydrogen-bond acceptors (Lipinski definition) is 1. The van der Waals surface area contributed by atoms with Crippen LogP contribution < -0.4 is 0 Å². The van der Waals surface area contributed by atoms with Gasteiger partial charge in [-0.05, 0) is 17.7 Å².